The van der Waals surface area contributed by atoms with Crippen LogP contribution < -0.4 is 14.8 Å². The standard InChI is InChI=1S/C27H35NO3/c1-5-8-19-30-26-18-13-22(10-7-3)27(31-20-9-6-2)24(26)16-17-25(29)21-11-14-23(28-4)15-12-21/h7,11-18,28H,3,5-6,8-10,19-20H2,1-2,4H3. The van der Waals surface area contributed by atoms with Gasteiger partial charge in [0.25, 0.3) is 0 Å². The van der Waals surface area contributed by atoms with E-state index in [4.69, 9.17) is 9.47 Å². The molecule has 0 saturated carbocycles. The third-order valence-electron chi connectivity index (χ3n) is 4.96. The second-order valence-corrected chi connectivity index (χ2v) is 7.39. The smallest absolute Gasteiger partial charge is 0.185 e. The number of unbranched alkanes of at least 4 members (excludes halogenated alkanes) is 2. The molecule has 0 aliphatic heterocycles. The van der Waals surface area contributed by atoms with Gasteiger partial charge in [0, 0.05) is 18.3 Å². The molecule has 0 bridgehead atoms. The van der Waals surface area contributed by atoms with Crippen LogP contribution in [0.2, 0.25) is 0 Å². The van der Waals surface area contributed by atoms with Crippen molar-refractivity contribution in [3.63, 3.8) is 0 Å². The van der Waals surface area contributed by atoms with E-state index in [2.05, 4.69) is 25.7 Å². The van der Waals surface area contributed by atoms with Crippen LogP contribution in [0.25, 0.3) is 6.08 Å². The highest BCUT2D eigenvalue weighted by molar-refractivity contribution is 6.07. The maximum atomic E-state index is 12.8. The summed E-state index contributed by atoms with van der Waals surface area (Å²) in [6.45, 7) is 9.40. The van der Waals surface area contributed by atoms with Crippen molar-refractivity contribution in [3.8, 4) is 11.5 Å². The van der Waals surface area contributed by atoms with Gasteiger partial charge in [-0.2, -0.15) is 0 Å². The fourth-order valence-electron chi connectivity index (χ4n) is 3.10. The summed E-state index contributed by atoms with van der Waals surface area (Å²) < 4.78 is 12.2. The first-order chi connectivity index (χ1) is 15.1. The van der Waals surface area contributed by atoms with Crippen LogP contribution in [0.1, 0.15) is 61.0 Å². The van der Waals surface area contributed by atoms with Gasteiger partial charge in [0.05, 0.1) is 18.8 Å². The van der Waals surface area contributed by atoms with Crippen molar-refractivity contribution in [1.29, 1.82) is 0 Å². The van der Waals surface area contributed by atoms with Gasteiger partial charge >= 0.3 is 0 Å². The number of ether oxygens (including phenoxy) is 2. The number of carbonyl (C=O) groups excluding carboxylic acids is 1. The lowest BCUT2D eigenvalue weighted by Crippen LogP contribution is -2.05. The summed E-state index contributed by atoms with van der Waals surface area (Å²) in [4.78, 5) is 12.8. The lowest BCUT2D eigenvalue weighted by Gasteiger charge is -2.17. The number of ketones is 1. The molecule has 0 aromatic heterocycles. The van der Waals surface area contributed by atoms with E-state index >= 15 is 0 Å². The van der Waals surface area contributed by atoms with Crippen LogP contribution >= 0.6 is 0 Å². The van der Waals surface area contributed by atoms with Gasteiger partial charge in [0.15, 0.2) is 5.78 Å². The fourth-order valence-corrected chi connectivity index (χ4v) is 3.10. The summed E-state index contributed by atoms with van der Waals surface area (Å²) in [5, 5.41) is 3.06. The Labute approximate surface area is 187 Å². The summed E-state index contributed by atoms with van der Waals surface area (Å²) in [7, 11) is 1.85. The zero-order chi connectivity index (χ0) is 22.5. The molecule has 0 spiro atoms. The van der Waals surface area contributed by atoms with Gasteiger partial charge in [-0.3, -0.25) is 4.79 Å². The molecule has 0 amide bonds. The van der Waals surface area contributed by atoms with Gasteiger partial charge in [-0.15, -0.1) is 6.58 Å². The minimum Gasteiger partial charge on any atom is -0.493 e. The van der Waals surface area contributed by atoms with Gasteiger partial charge in [-0.05, 0) is 67.3 Å². The summed E-state index contributed by atoms with van der Waals surface area (Å²) >= 11 is 0. The highest BCUT2D eigenvalue weighted by Gasteiger charge is 2.14. The number of anilines is 1. The Bertz CT molecular complexity index is 869. The van der Waals surface area contributed by atoms with Gasteiger partial charge in [-0.1, -0.05) is 38.8 Å². The molecule has 0 heterocycles. The Kier molecular flexibility index (Phi) is 10.4. The molecule has 31 heavy (non-hydrogen) atoms. The van der Waals surface area contributed by atoms with Crippen molar-refractivity contribution in [1.82, 2.24) is 0 Å². The molecule has 4 heteroatoms. The maximum Gasteiger partial charge on any atom is 0.185 e. The minimum absolute atomic E-state index is 0.0595. The minimum atomic E-state index is -0.0595. The van der Waals surface area contributed by atoms with E-state index in [0.29, 0.717) is 25.2 Å². The van der Waals surface area contributed by atoms with E-state index in [-0.39, 0.29) is 5.78 Å². The van der Waals surface area contributed by atoms with E-state index in [1.807, 2.05) is 55.6 Å². The number of hydrogen-bond acceptors (Lipinski definition) is 4. The first-order valence-corrected chi connectivity index (χ1v) is 11.2. The van der Waals surface area contributed by atoms with Crippen molar-refractivity contribution < 1.29 is 14.3 Å². The van der Waals surface area contributed by atoms with Crippen LogP contribution in [0.3, 0.4) is 0 Å². The number of hydrogen-bond donors (Lipinski definition) is 1. The van der Waals surface area contributed by atoms with Gasteiger partial charge in [0.2, 0.25) is 0 Å². The molecule has 0 saturated heterocycles. The van der Waals surface area contributed by atoms with Crippen LogP contribution in [0.4, 0.5) is 5.69 Å². The summed E-state index contributed by atoms with van der Waals surface area (Å²) in [5.41, 5.74) is 3.46. The second kappa shape index (κ2) is 13.3. The lowest BCUT2D eigenvalue weighted by molar-refractivity contribution is 0.104. The SMILES string of the molecule is C=CCc1ccc(OCCCC)c(C=CC(=O)c2ccc(NC)cc2)c1OCCCC. The Morgan fingerprint density at radius 2 is 1.68 bits per heavy atom. The van der Waals surface area contributed by atoms with E-state index in [1.165, 1.54) is 0 Å². The number of nitrogens with one attached hydrogen (secondary N) is 1. The van der Waals surface area contributed by atoms with E-state index in [9.17, 15) is 4.79 Å². The van der Waals surface area contributed by atoms with Crippen LogP contribution in [0.15, 0.2) is 55.1 Å². The predicted molar refractivity (Wildman–Crippen MR) is 131 cm³/mol. The molecule has 0 aliphatic rings. The van der Waals surface area contributed by atoms with Gasteiger partial charge < -0.3 is 14.8 Å². The average molecular weight is 422 g/mol. The molecule has 0 aliphatic carbocycles. The molecule has 2 rings (SSSR count). The van der Waals surface area contributed by atoms with Crippen molar-refractivity contribution in [2.24, 2.45) is 0 Å². The van der Waals surface area contributed by atoms with Crippen molar-refractivity contribution in [2.75, 3.05) is 25.6 Å². The number of allylic oxidation sites excluding steroid dienone is 2. The third kappa shape index (κ3) is 7.32. The summed E-state index contributed by atoms with van der Waals surface area (Å²) in [6.07, 6.45) is 10.0. The molecular weight excluding hydrogens is 386 g/mol. The van der Waals surface area contributed by atoms with Crippen molar-refractivity contribution in [2.45, 2.75) is 46.0 Å². The summed E-state index contributed by atoms with van der Waals surface area (Å²) in [5.74, 6) is 1.45. The number of carbonyl (C=O) groups is 1. The number of rotatable bonds is 14. The van der Waals surface area contributed by atoms with Crippen molar-refractivity contribution in [3.05, 3.63) is 71.8 Å². The largest absolute Gasteiger partial charge is 0.493 e. The Balaban J connectivity index is 2.39. The lowest BCUT2D eigenvalue weighted by atomic mass is 10.0. The molecule has 1 N–H and O–H groups in total. The van der Waals surface area contributed by atoms with Crippen LogP contribution in [-0.4, -0.2) is 26.0 Å². The highest BCUT2D eigenvalue weighted by atomic mass is 16.5. The summed E-state index contributed by atoms with van der Waals surface area (Å²) in [6, 6.07) is 11.4. The first-order valence-electron chi connectivity index (χ1n) is 11.2. The quantitative estimate of drug-likeness (QED) is 0.159. The second-order valence-electron chi connectivity index (χ2n) is 7.39. The normalized spacial score (nSPS) is 10.8. The topological polar surface area (TPSA) is 47.6 Å². The molecule has 0 unspecified atom stereocenters. The van der Waals surface area contributed by atoms with E-state index in [1.54, 1.807) is 6.08 Å². The van der Waals surface area contributed by atoms with E-state index < -0.39 is 0 Å². The fraction of sp³-hybridized carbons (Fsp3) is 0.370. The molecular formula is C27H35NO3. The molecule has 4 nitrogen and oxygen atoms in total. The van der Waals surface area contributed by atoms with Crippen LogP contribution in [-0.2, 0) is 6.42 Å². The molecule has 0 fully saturated rings. The first kappa shape index (κ1) is 24.3. The van der Waals surface area contributed by atoms with Crippen molar-refractivity contribution >= 4 is 17.5 Å². The predicted octanol–water partition coefficient (Wildman–Crippen LogP) is 6.71. The van der Waals surface area contributed by atoms with Gasteiger partial charge in [0.1, 0.15) is 11.5 Å². The monoisotopic (exact) mass is 421 g/mol. The Hall–Kier alpha value is -3.01. The number of benzene rings is 2. The van der Waals surface area contributed by atoms with Crippen LogP contribution in [0.5, 0.6) is 11.5 Å². The molecule has 0 atom stereocenters. The Morgan fingerprint density at radius 1 is 1.00 bits per heavy atom. The average Bonchev–Trinajstić information content (AvgIpc) is 2.80. The zero-order valence-electron chi connectivity index (χ0n) is 19.1. The molecule has 0 radical (unpaired) electrons. The van der Waals surface area contributed by atoms with Crippen LogP contribution in [0, 0.1) is 0 Å². The zero-order valence-corrected chi connectivity index (χ0v) is 19.1. The molecule has 2 aromatic rings. The van der Waals surface area contributed by atoms with Gasteiger partial charge in [-0.25, -0.2) is 0 Å². The van der Waals surface area contributed by atoms with E-state index in [0.717, 1.165) is 54.0 Å². The highest BCUT2D eigenvalue weighted by Crippen LogP contribution is 2.35. The Morgan fingerprint density at radius 3 is 2.29 bits per heavy atom. The maximum absolute atomic E-state index is 12.8. The third-order valence-corrected chi connectivity index (χ3v) is 4.96. The molecule has 166 valence electrons. The molecule has 2 aromatic carbocycles.